The van der Waals surface area contributed by atoms with Gasteiger partial charge in [-0.3, -0.25) is 0 Å². The molecule has 13 heavy (non-hydrogen) atoms. The Kier molecular flexibility index (Phi) is 1.86. The molecule has 2 heteroatoms. The molecule has 1 aromatic carbocycles. The van der Waals surface area contributed by atoms with E-state index >= 15 is 0 Å². The van der Waals surface area contributed by atoms with E-state index in [-0.39, 0.29) is 5.82 Å². The summed E-state index contributed by atoms with van der Waals surface area (Å²) in [7, 11) is 0. The Labute approximate surface area is 76.6 Å². The van der Waals surface area contributed by atoms with Crippen LogP contribution in [-0.4, -0.2) is 6.91 Å². The summed E-state index contributed by atoms with van der Waals surface area (Å²) < 4.78 is 13.2. The number of rotatable bonds is 0. The van der Waals surface area contributed by atoms with Crippen LogP contribution < -0.4 is 0 Å². The van der Waals surface area contributed by atoms with Crippen LogP contribution in [0.25, 0.3) is 10.7 Å². The van der Waals surface area contributed by atoms with Crippen molar-refractivity contribution in [2.75, 3.05) is 0 Å². The molecular weight excluding hydrogens is 162 g/mol. The molecule has 0 unspecified atom stereocenters. The molecule has 1 aromatic heterocycles. The minimum absolute atomic E-state index is 0.332. The number of hydrogen-bond donors (Lipinski definition) is 0. The zero-order valence-electron chi connectivity index (χ0n) is 6.92. The molecular formula is C11H6BF. The van der Waals surface area contributed by atoms with E-state index in [0.717, 1.165) is 10.7 Å². The van der Waals surface area contributed by atoms with Gasteiger partial charge in [0.1, 0.15) is 0 Å². The average Bonchev–Trinajstić information content (AvgIpc) is 2.18. The Hall–Kier alpha value is -1.62. The fraction of sp³-hybridized carbons (Fsp3) is 0. The second-order valence-electron chi connectivity index (χ2n) is 2.79. The first-order valence-corrected chi connectivity index (χ1v) is 3.97. The van der Waals surface area contributed by atoms with Crippen molar-refractivity contribution in [3.8, 4) is 12.3 Å². The Morgan fingerprint density at radius 3 is 2.92 bits per heavy atom. The van der Waals surface area contributed by atoms with Crippen LogP contribution in [0.5, 0.6) is 0 Å². The van der Waals surface area contributed by atoms with Crippen molar-refractivity contribution >= 4 is 17.6 Å². The molecule has 0 aliphatic rings. The standard InChI is InChI=1S/C11H6BF/c1-2-9-10(13)6-5-8-4-3-7-12-11(8)9/h1,3-7H. The summed E-state index contributed by atoms with van der Waals surface area (Å²) in [6.07, 6.45) is 5.23. The maximum absolute atomic E-state index is 13.2. The van der Waals surface area contributed by atoms with E-state index in [4.69, 9.17) is 6.42 Å². The minimum atomic E-state index is -0.332. The summed E-state index contributed by atoms with van der Waals surface area (Å²) >= 11 is 0. The van der Waals surface area contributed by atoms with Crippen LogP contribution in [0, 0.1) is 18.2 Å². The van der Waals surface area contributed by atoms with Crippen LogP contribution in [0.2, 0.25) is 0 Å². The average molecular weight is 168 g/mol. The van der Waals surface area contributed by atoms with E-state index in [9.17, 15) is 4.39 Å². The number of hydrogen-bond acceptors (Lipinski definition) is 0. The Morgan fingerprint density at radius 1 is 1.31 bits per heavy atom. The number of fused-ring (bicyclic) bond motifs is 1. The second kappa shape index (κ2) is 3.03. The summed E-state index contributed by atoms with van der Waals surface area (Å²) in [4.78, 5) is 0. The van der Waals surface area contributed by atoms with Crippen molar-refractivity contribution in [1.29, 1.82) is 0 Å². The predicted octanol–water partition coefficient (Wildman–Crippen LogP) is 2.30. The van der Waals surface area contributed by atoms with Crippen molar-refractivity contribution in [3.63, 3.8) is 0 Å². The molecule has 0 atom stereocenters. The zero-order valence-corrected chi connectivity index (χ0v) is 6.92. The van der Waals surface area contributed by atoms with E-state index < -0.39 is 0 Å². The summed E-state index contributed by atoms with van der Waals surface area (Å²) in [5.41, 5.74) is 0.345. The van der Waals surface area contributed by atoms with Gasteiger partial charge in [-0.25, -0.2) is 0 Å². The molecule has 0 amide bonds. The van der Waals surface area contributed by atoms with Crippen LogP contribution in [0.4, 0.5) is 4.39 Å². The Morgan fingerprint density at radius 2 is 2.15 bits per heavy atom. The van der Waals surface area contributed by atoms with Crippen molar-refractivity contribution in [3.05, 3.63) is 41.6 Å². The predicted molar refractivity (Wildman–Crippen MR) is 53.2 cm³/mol. The van der Waals surface area contributed by atoms with Gasteiger partial charge in [0.15, 0.2) is 0 Å². The van der Waals surface area contributed by atoms with Gasteiger partial charge >= 0.3 is 75.9 Å². The normalized spacial score (nSPS) is 9.54. The van der Waals surface area contributed by atoms with Gasteiger partial charge in [-0.15, -0.1) is 0 Å². The molecule has 0 spiro atoms. The quantitative estimate of drug-likeness (QED) is 0.529. The van der Waals surface area contributed by atoms with E-state index in [0.29, 0.717) is 5.56 Å². The fourth-order valence-corrected chi connectivity index (χ4v) is 1.39. The molecule has 0 N–H and O–H groups in total. The molecule has 0 fully saturated rings. The third-order valence-electron chi connectivity index (χ3n) is 2.02. The third-order valence-corrected chi connectivity index (χ3v) is 2.02. The van der Waals surface area contributed by atoms with Crippen LogP contribution in [0.1, 0.15) is 5.56 Å². The first-order valence-electron chi connectivity index (χ1n) is 3.97. The molecule has 0 radical (unpaired) electrons. The van der Waals surface area contributed by atoms with E-state index in [1.165, 1.54) is 6.07 Å². The van der Waals surface area contributed by atoms with E-state index in [1.54, 1.807) is 6.07 Å². The van der Waals surface area contributed by atoms with Gasteiger partial charge in [0, 0.05) is 0 Å². The van der Waals surface area contributed by atoms with Crippen molar-refractivity contribution in [1.82, 2.24) is 0 Å². The molecule has 0 bridgehead atoms. The van der Waals surface area contributed by atoms with Gasteiger partial charge in [-0.1, -0.05) is 0 Å². The Bertz CT molecular complexity index is 497. The SMILES string of the molecule is C#Cc1c(F)ccc2cccbc12. The molecule has 2 aromatic rings. The number of benzene rings is 1. The van der Waals surface area contributed by atoms with Crippen LogP contribution in [0.15, 0.2) is 30.2 Å². The van der Waals surface area contributed by atoms with Gasteiger partial charge in [0.25, 0.3) is 0 Å². The van der Waals surface area contributed by atoms with Gasteiger partial charge in [-0.05, 0) is 0 Å². The maximum atomic E-state index is 13.2. The first kappa shape index (κ1) is 8.00. The third kappa shape index (κ3) is 1.23. The van der Waals surface area contributed by atoms with Gasteiger partial charge < -0.3 is 0 Å². The molecule has 0 aliphatic carbocycles. The molecule has 1 heterocycles. The molecule has 60 valence electrons. The van der Waals surface area contributed by atoms with Crippen molar-refractivity contribution in [2.24, 2.45) is 0 Å². The Balaban J connectivity index is 2.94. The second-order valence-corrected chi connectivity index (χ2v) is 2.79. The van der Waals surface area contributed by atoms with Gasteiger partial charge in [-0.2, -0.15) is 0 Å². The molecule has 0 saturated carbocycles. The monoisotopic (exact) mass is 168 g/mol. The van der Waals surface area contributed by atoms with Crippen LogP contribution in [-0.2, 0) is 0 Å². The molecule has 0 nitrogen and oxygen atoms in total. The van der Waals surface area contributed by atoms with E-state index in [2.05, 4.69) is 5.92 Å². The summed E-state index contributed by atoms with van der Waals surface area (Å²) in [6.45, 7) is 1.83. The zero-order chi connectivity index (χ0) is 9.26. The van der Waals surface area contributed by atoms with Crippen molar-refractivity contribution < 1.29 is 4.39 Å². The first-order chi connectivity index (χ1) is 6.33. The van der Waals surface area contributed by atoms with Gasteiger partial charge in [0.05, 0.1) is 0 Å². The molecule has 0 saturated heterocycles. The van der Waals surface area contributed by atoms with Gasteiger partial charge in [0.2, 0.25) is 0 Å². The van der Waals surface area contributed by atoms with Crippen LogP contribution >= 0.6 is 0 Å². The topological polar surface area (TPSA) is 0 Å². The number of halogens is 1. The summed E-state index contributed by atoms with van der Waals surface area (Å²) in [6, 6.07) is 6.94. The number of terminal acetylenes is 1. The van der Waals surface area contributed by atoms with Crippen molar-refractivity contribution in [2.45, 2.75) is 0 Å². The fourth-order valence-electron chi connectivity index (χ4n) is 1.39. The molecule has 2 rings (SSSR count). The van der Waals surface area contributed by atoms with E-state index in [1.807, 2.05) is 25.0 Å². The summed E-state index contributed by atoms with van der Waals surface area (Å²) in [5.74, 6) is 3.88. The van der Waals surface area contributed by atoms with Crippen LogP contribution in [0.3, 0.4) is 0 Å². The summed E-state index contributed by atoms with van der Waals surface area (Å²) in [5, 5.41) is 1.77. The molecule has 0 aliphatic heterocycles.